The maximum Gasteiger partial charge on any atom is 0.244 e. The largest absolute Gasteiger partial charge is 0.325 e. The van der Waals surface area contributed by atoms with Crippen LogP contribution < -0.4 is 5.32 Å². The topological polar surface area (TPSA) is 62.7 Å². The summed E-state index contributed by atoms with van der Waals surface area (Å²) in [6, 6.07) is 11.8. The fraction of sp³-hybridized carbons (Fsp3) is 0.235. The number of aromatic nitrogens is 3. The number of nitrogens with one attached hydrogen (secondary N) is 2. The van der Waals surface area contributed by atoms with Crippen LogP contribution in [0.3, 0.4) is 0 Å². The van der Waals surface area contributed by atoms with Crippen molar-refractivity contribution in [2.75, 3.05) is 5.32 Å². The minimum atomic E-state index is -0.133. The second-order valence-corrected chi connectivity index (χ2v) is 7.08. The third-order valence-corrected chi connectivity index (χ3v) is 4.82. The Morgan fingerprint density at radius 2 is 2.21 bits per heavy atom. The molecule has 0 aliphatic carbocycles. The molecule has 0 radical (unpaired) electrons. The van der Waals surface area contributed by atoms with Crippen LogP contribution in [0.2, 0.25) is 0 Å². The fourth-order valence-corrected chi connectivity index (χ4v) is 3.30. The van der Waals surface area contributed by atoms with E-state index in [9.17, 15) is 4.79 Å². The smallest absolute Gasteiger partial charge is 0.244 e. The fourth-order valence-electron chi connectivity index (χ4n) is 2.38. The van der Waals surface area contributed by atoms with Gasteiger partial charge in [-0.25, -0.2) is 0 Å². The minimum Gasteiger partial charge on any atom is -0.325 e. The van der Waals surface area contributed by atoms with Gasteiger partial charge in [0.05, 0.1) is 4.88 Å². The van der Waals surface area contributed by atoms with Gasteiger partial charge in [-0.05, 0) is 47.3 Å². The van der Waals surface area contributed by atoms with Crippen LogP contribution in [0.5, 0.6) is 0 Å². The molecule has 2 heterocycles. The van der Waals surface area contributed by atoms with Crippen molar-refractivity contribution in [3.63, 3.8) is 0 Å². The van der Waals surface area contributed by atoms with E-state index in [-0.39, 0.29) is 12.5 Å². The highest BCUT2D eigenvalue weighted by molar-refractivity contribution is 7.71. The lowest BCUT2D eigenvalue weighted by Crippen LogP contribution is -2.19. The number of anilines is 1. The molecule has 0 fully saturated rings. The summed E-state index contributed by atoms with van der Waals surface area (Å²) in [5.74, 6) is 0.960. The van der Waals surface area contributed by atoms with Gasteiger partial charge in [0, 0.05) is 5.69 Å². The van der Waals surface area contributed by atoms with Crippen molar-refractivity contribution < 1.29 is 4.79 Å². The highest BCUT2D eigenvalue weighted by Gasteiger charge is 2.13. The third-order valence-electron chi connectivity index (χ3n) is 3.64. The highest BCUT2D eigenvalue weighted by atomic mass is 32.1. The molecule has 1 amide bonds. The Bertz CT molecular complexity index is 893. The monoisotopic (exact) mass is 358 g/mol. The predicted octanol–water partition coefficient (Wildman–Crippen LogP) is 4.43. The maximum atomic E-state index is 12.4. The number of carbonyl (C=O) groups is 1. The van der Waals surface area contributed by atoms with E-state index < -0.39 is 0 Å². The predicted molar refractivity (Wildman–Crippen MR) is 99.9 cm³/mol. The number of aromatic amines is 1. The van der Waals surface area contributed by atoms with Gasteiger partial charge in [-0.2, -0.15) is 5.10 Å². The normalized spacial score (nSPS) is 11.0. The quantitative estimate of drug-likeness (QED) is 0.663. The van der Waals surface area contributed by atoms with E-state index in [2.05, 4.69) is 35.4 Å². The zero-order valence-corrected chi connectivity index (χ0v) is 15.1. The van der Waals surface area contributed by atoms with Crippen molar-refractivity contribution in [3.8, 4) is 10.7 Å². The van der Waals surface area contributed by atoms with E-state index in [1.54, 1.807) is 15.9 Å². The van der Waals surface area contributed by atoms with E-state index in [0.29, 0.717) is 16.5 Å². The van der Waals surface area contributed by atoms with Gasteiger partial charge in [-0.3, -0.25) is 14.5 Å². The van der Waals surface area contributed by atoms with Crippen molar-refractivity contribution in [2.45, 2.75) is 26.3 Å². The molecular formula is C17H18N4OS2. The molecule has 24 heavy (non-hydrogen) atoms. The first-order valence-corrected chi connectivity index (χ1v) is 8.92. The number of hydrogen-bond donors (Lipinski definition) is 2. The van der Waals surface area contributed by atoms with Gasteiger partial charge >= 0.3 is 0 Å². The molecule has 2 aromatic heterocycles. The first kappa shape index (κ1) is 16.6. The Morgan fingerprint density at radius 3 is 2.92 bits per heavy atom. The molecule has 1 aromatic carbocycles. The molecule has 0 aliphatic rings. The lowest BCUT2D eigenvalue weighted by molar-refractivity contribution is -0.116. The van der Waals surface area contributed by atoms with E-state index in [0.717, 1.165) is 10.6 Å². The molecule has 0 unspecified atom stereocenters. The number of thiophene rings is 1. The molecule has 0 saturated carbocycles. The first-order chi connectivity index (χ1) is 11.5. The average molecular weight is 358 g/mol. The number of hydrogen-bond acceptors (Lipinski definition) is 4. The van der Waals surface area contributed by atoms with Crippen molar-refractivity contribution in [3.05, 3.63) is 52.1 Å². The number of nitrogens with zero attached hydrogens (tertiary/aromatic N) is 2. The lowest BCUT2D eigenvalue weighted by atomic mass is 10.0. The molecule has 124 valence electrons. The molecule has 0 spiro atoms. The Balaban J connectivity index is 1.78. The molecule has 7 heteroatoms. The Hall–Kier alpha value is -2.25. The van der Waals surface area contributed by atoms with Crippen LogP contribution in [-0.2, 0) is 11.3 Å². The second kappa shape index (κ2) is 7.11. The van der Waals surface area contributed by atoms with Crippen LogP contribution in [0.15, 0.2) is 41.8 Å². The standard InChI is InChI=1S/C17H18N4OS2/c1-11(2)12-5-3-6-13(9-12)18-15(22)10-21-16(19-20-17(21)23)14-7-4-8-24-14/h3-9,11H,10H2,1-2H3,(H,18,22)(H,20,23). The Morgan fingerprint density at radius 1 is 1.38 bits per heavy atom. The van der Waals surface area contributed by atoms with E-state index >= 15 is 0 Å². The molecule has 2 N–H and O–H groups in total. The van der Waals surface area contributed by atoms with Crippen molar-refractivity contribution in [1.82, 2.24) is 14.8 Å². The van der Waals surface area contributed by atoms with Crippen LogP contribution in [0.4, 0.5) is 5.69 Å². The van der Waals surface area contributed by atoms with E-state index in [1.807, 2.05) is 35.7 Å². The van der Waals surface area contributed by atoms with Gasteiger partial charge in [-0.1, -0.05) is 32.0 Å². The summed E-state index contributed by atoms with van der Waals surface area (Å²) in [6.07, 6.45) is 0. The summed E-state index contributed by atoms with van der Waals surface area (Å²) in [7, 11) is 0. The number of benzene rings is 1. The van der Waals surface area contributed by atoms with Crippen LogP contribution in [0.1, 0.15) is 25.3 Å². The number of H-pyrrole nitrogens is 1. The number of rotatable bonds is 5. The molecule has 0 saturated heterocycles. The SMILES string of the molecule is CC(C)c1cccc(NC(=O)Cn2c(-c3cccs3)n[nH]c2=S)c1. The van der Waals surface area contributed by atoms with Gasteiger partial charge < -0.3 is 5.32 Å². The summed E-state index contributed by atoms with van der Waals surface area (Å²) in [5.41, 5.74) is 1.98. The van der Waals surface area contributed by atoms with Gasteiger partial charge in [0.2, 0.25) is 5.91 Å². The third kappa shape index (κ3) is 3.63. The molecule has 0 aliphatic heterocycles. The summed E-state index contributed by atoms with van der Waals surface area (Å²) >= 11 is 6.81. The molecule has 3 aromatic rings. The van der Waals surface area contributed by atoms with Crippen molar-refractivity contribution >= 4 is 35.1 Å². The molecule has 0 atom stereocenters. The van der Waals surface area contributed by atoms with Crippen LogP contribution >= 0.6 is 23.6 Å². The van der Waals surface area contributed by atoms with Crippen molar-refractivity contribution in [1.29, 1.82) is 0 Å². The van der Waals surface area contributed by atoms with E-state index in [4.69, 9.17) is 12.2 Å². The average Bonchev–Trinajstić information content (AvgIpc) is 3.18. The first-order valence-electron chi connectivity index (χ1n) is 7.63. The lowest BCUT2D eigenvalue weighted by Gasteiger charge is -2.10. The maximum absolute atomic E-state index is 12.4. The Labute approximate surface area is 149 Å². The molecular weight excluding hydrogens is 340 g/mol. The number of amides is 1. The van der Waals surface area contributed by atoms with Gasteiger partial charge in [0.1, 0.15) is 6.54 Å². The zero-order chi connectivity index (χ0) is 17.1. The van der Waals surface area contributed by atoms with Gasteiger partial charge in [0.15, 0.2) is 10.6 Å². The summed E-state index contributed by atoms with van der Waals surface area (Å²) < 4.78 is 2.15. The van der Waals surface area contributed by atoms with Crippen LogP contribution in [0, 0.1) is 4.77 Å². The summed E-state index contributed by atoms with van der Waals surface area (Å²) in [6.45, 7) is 4.37. The van der Waals surface area contributed by atoms with Gasteiger partial charge in [0.25, 0.3) is 0 Å². The Kier molecular flexibility index (Phi) is 4.92. The zero-order valence-electron chi connectivity index (χ0n) is 13.4. The molecule has 3 rings (SSSR count). The van der Waals surface area contributed by atoms with Gasteiger partial charge in [-0.15, -0.1) is 11.3 Å². The van der Waals surface area contributed by atoms with Crippen molar-refractivity contribution in [2.24, 2.45) is 0 Å². The summed E-state index contributed by atoms with van der Waals surface area (Å²) in [4.78, 5) is 13.4. The van der Waals surface area contributed by atoms with E-state index in [1.165, 1.54) is 5.56 Å². The number of carbonyl (C=O) groups excluding carboxylic acids is 1. The minimum absolute atomic E-state index is 0.120. The molecule has 0 bridgehead atoms. The molecule has 5 nitrogen and oxygen atoms in total. The van der Waals surface area contributed by atoms with Crippen LogP contribution in [0.25, 0.3) is 10.7 Å². The highest BCUT2D eigenvalue weighted by Crippen LogP contribution is 2.23. The van der Waals surface area contributed by atoms with Crippen LogP contribution in [-0.4, -0.2) is 20.7 Å². The second-order valence-electron chi connectivity index (χ2n) is 5.74. The summed E-state index contributed by atoms with van der Waals surface area (Å²) in [5, 5.41) is 11.9.